The van der Waals surface area contributed by atoms with E-state index in [1.165, 1.54) is 0 Å². The van der Waals surface area contributed by atoms with Gasteiger partial charge in [-0.1, -0.05) is 26.0 Å². The van der Waals surface area contributed by atoms with Gasteiger partial charge in [0.1, 0.15) is 0 Å². The van der Waals surface area contributed by atoms with Gasteiger partial charge >= 0.3 is 0 Å². The number of piperidine rings is 1. The van der Waals surface area contributed by atoms with Crippen LogP contribution in [0, 0.1) is 11.8 Å². The molecule has 118 valence electrons. The first-order valence-corrected chi connectivity index (χ1v) is 9.41. The molecule has 1 heterocycles. The fourth-order valence-electron chi connectivity index (χ4n) is 3.04. The van der Waals surface area contributed by atoms with Gasteiger partial charge in [0.25, 0.3) is 0 Å². The van der Waals surface area contributed by atoms with E-state index in [0.29, 0.717) is 29.7 Å². The highest BCUT2D eigenvalue weighted by molar-refractivity contribution is 7.91. The third-order valence-corrected chi connectivity index (χ3v) is 6.39. The first-order chi connectivity index (χ1) is 9.99. The summed E-state index contributed by atoms with van der Waals surface area (Å²) in [4.78, 5) is 2.66. The van der Waals surface area contributed by atoms with Gasteiger partial charge in [-0.2, -0.15) is 0 Å². The lowest BCUT2D eigenvalue weighted by Crippen LogP contribution is -2.43. The molecule has 1 aromatic rings. The smallest absolute Gasteiger partial charge is 0.180 e. The number of sulfone groups is 1. The first kappa shape index (κ1) is 16.3. The van der Waals surface area contributed by atoms with Crippen LogP contribution in [0.3, 0.4) is 0 Å². The van der Waals surface area contributed by atoms with Gasteiger partial charge < -0.3 is 10.6 Å². The first-order valence-electron chi connectivity index (χ1n) is 7.76. The maximum atomic E-state index is 12.5. The number of nitrogens with two attached hydrogens (primary N) is 1. The Bertz CT molecular complexity index is 571. The van der Waals surface area contributed by atoms with Gasteiger partial charge in [0.05, 0.1) is 16.3 Å². The van der Waals surface area contributed by atoms with E-state index < -0.39 is 9.84 Å². The summed E-state index contributed by atoms with van der Waals surface area (Å²) >= 11 is 0. The Kier molecular flexibility index (Phi) is 5.27. The average molecular weight is 310 g/mol. The number of hydrogen-bond acceptors (Lipinski definition) is 4. The molecule has 2 N–H and O–H groups in total. The minimum absolute atomic E-state index is 0.203. The minimum Gasteiger partial charge on any atom is -0.370 e. The molecule has 1 aliphatic rings. The van der Waals surface area contributed by atoms with Crippen LogP contribution >= 0.6 is 0 Å². The Morgan fingerprint density at radius 2 is 2.05 bits per heavy atom. The van der Waals surface area contributed by atoms with Crippen molar-refractivity contribution in [2.24, 2.45) is 17.6 Å². The quantitative estimate of drug-likeness (QED) is 0.906. The fraction of sp³-hybridized carbons (Fsp3) is 0.625. The van der Waals surface area contributed by atoms with Crippen LogP contribution in [-0.2, 0) is 9.84 Å². The summed E-state index contributed by atoms with van der Waals surface area (Å²) in [5.41, 5.74) is 6.70. The minimum atomic E-state index is -3.20. The Morgan fingerprint density at radius 1 is 1.33 bits per heavy atom. The van der Waals surface area contributed by atoms with Crippen molar-refractivity contribution in [3.8, 4) is 0 Å². The van der Waals surface area contributed by atoms with Crippen molar-refractivity contribution in [3.63, 3.8) is 0 Å². The Labute approximate surface area is 128 Å². The molecule has 2 unspecified atom stereocenters. The predicted molar refractivity (Wildman–Crippen MR) is 87.3 cm³/mol. The molecular weight excluding hydrogens is 284 g/mol. The zero-order chi connectivity index (χ0) is 15.5. The van der Waals surface area contributed by atoms with Gasteiger partial charge in [0.2, 0.25) is 0 Å². The number of rotatable bonds is 5. The zero-order valence-corrected chi connectivity index (χ0v) is 13.8. The molecule has 0 aromatic heterocycles. The van der Waals surface area contributed by atoms with Gasteiger partial charge in [0.15, 0.2) is 9.84 Å². The van der Waals surface area contributed by atoms with Gasteiger partial charge in [0, 0.05) is 13.1 Å². The number of hydrogen-bond donors (Lipinski definition) is 1. The van der Waals surface area contributed by atoms with E-state index in [-0.39, 0.29) is 5.75 Å². The third kappa shape index (κ3) is 3.58. The molecule has 0 radical (unpaired) electrons. The number of anilines is 1. The molecule has 4 nitrogen and oxygen atoms in total. The average Bonchev–Trinajstić information content (AvgIpc) is 2.48. The SMILES string of the molecule is CCCS(=O)(=O)c1ccccc1N1CCC(C)C(CN)C1. The topological polar surface area (TPSA) is 63.4 Å². The van der Waals surface area contributed by atoms with Gasteiger partial charge in [-0.05, 0) is 43.4 Å². The standard InChI is InChI=1S/C16H26N2O2S/c1-3-10-21(19,20)16-7-5-4-6-15(16)18-9-8-13(2)14(11-17)12-18/h4-7,13-14H,3,8-12,17H2,1-2H3. The Hall–Kier alpha value is -1.07. The summed E-state index contributed by atoms with van der Waals surface area (Å²) in [6.07, 6.45) is 1.70. The van der Waals surface area contributed by atoms with E-state index >= 15 is 0 Å². The Morgan fingerprint density at radius 3 is 2.71 bits per heavy atom. The number of benzene rings is 1. The highest BCUT2D eigenvalue weighted by Crippen LogP contribution is 2.31. The lowest BCUT2D eigenvalue weighted by Gasteiger charge is -2.38. The van der Waals surface area contributed by atoms with Crippen molar-refractivity contribution < 1.29 is 8.42 Å². The van der Waals surface area contributed by atoms with Crippen LogP contribution in [0.4, 0.5) is 5.69 Å². The second-order valence-electron chi connectivity index (χ2n) is 5.99. The third-order valence-electron chi connectivity index (χ3n) is 4.43. The number of para-hydroxylation sites is 1. The normalized spacial score (nSPS) is 23.3. The molecule has 5 heteroatoms. The molecule has 2 rings (SSSR count). The van der Waals surface area contributed by atoms with Crippen molar-refractivity contribution in [3.05, 3.63) is 24.3 Å². The molecule has 1 aromatic carbocycles. The van der Waals surface area contributed by atoms with Crippen molar-refractivity contribution in [2.75, 3.05) is 30.3 Å². The maximum absolute atomic E-state index is 12.5. The van der Waals surface area contributed by atoms with Crippen molar-refractivity contribution in [1.82, 2.24) is 0 Å². The molecule has 0 saturated carbocycles. The monoisotopic (exact) mass is 310 g/mol. The Balaban J connectivity index is 2.33. The van der Waals surface area contributed by atoms with Crippen molar-refractivity contribution >= 4 is 15.5 Å². The summed E-state index contributed by atoms with van der Waals surface area (Å²) in [5.74, 6) is 1.24. The molecule has 0 aliphatic carbocycles. The van der Waals surface area contributed by atoms with E-state index in [4.69, 9.17) is 5.73 Å². The van der Waals surface area contributed by atoms with Crippen molar-refractivity contribution in [2.45, 2.75) is 31.6 Å². The molecule has 0 spiro atoms. The summed E-state index contributed by atoms with van der Waals surface area (Å²) in [7, 11) is -3.20. The second kappa shape index (κ2) is 6.79. The summed E-state index contributed by atoms with van der Waals surface area (Å²) in [6, 6.07) is 7.37. The second-order valence-corrected chi connectivity index (χ2v) is 8.07. The van der Waals surface area contributed by atoms with E-state index in [0.717, 1.165) is 25.2 Å². The van der Waals surface area contributed by atoms with Crippen LogP contribution in [0.5, 0.6) is 0 Å². The van der Waals surface area contributed by atoms with E-state index in [1.54, 1.807) is 12.1 Å². The van der Waals surface area contributed by atoms with E-state index in [9.17, 15) is 8.42 Å². The van der Waals surface area contributed by atoms with Crippen LogP contribution in [0.25, 0.3) is 0 Å². The fourth-order valence-corrected chi connectivity index (χ4v) is 4.59. The van der Waals surface area contributed by atoms with Gasteiger partial charge in [-0.15, -0.1) is 0 Å². The van der Waals surface area contributed by atoms with Crippen LogP contribution in [0.2, 0.25) is 0 Å². The molecule has 0 bridgehead atoms. The molecule has 21 heavy (non-hydrogen) atoms. The van der Waals surface area contributed by atoms with Crippen molar-refractivity contribution in [1.29, 1.82) is 0 Å². The molecule has 1 saturated heterocycles. The predicted octanol–water partition coefficient (Wildman–Crippen LogP) is 2.29. The number of nitrogens with zero attached hydrogens (tertiary/aromatic N) is 1. The van der Waals surface area contributed by atoms with Crippen LogP contribution in [-0.4, -0.2) is 33.8 Å². The van der Waals surface area contributed by atoms with E-state index in [1.807, 2.05) is 19.1 Å². The van der Waals surface area contributed by atoms with Crippen LogP contribution < -0.4 is 10.6 Å². The van der Waals surface area contributed by atoms with Crippen LogP contribution in [0.15, 0.2) is 29.2 Å². The highest BCUT2D eigenvalue weighted by atomic mass is 32.2. The maximum Gasteiger partial charge on any atom is 0.180 e. The highest BCUT2D eigenvalue weighted by Gasteiger charge is 2.28. The summed E-state index contributed by atoms with van der Waals surface area (Å²) in [5, 5.41) is 0. The summed E-state index contributed by atoms with van der Waals surface area (Å²) < 4.78 is 24.9. The van der Waals surface area contributed by atoms with Crippen LogP contribution in [0.1, 0.15) is 26.7 Å². The lowest BCUT2D eigenvalue weighted by atomic mass is 9.87. The molecule has 1 aliphatic heterocycles. The lowest BCUT2D eigenvalue weighted by molar-refractivity contribution is 0.307. The summed E-state index contributed by atoms with van der Waals surface area (Å²) in [6.45, 7) is 6.52. The molecule has 2 atom stereocenters. The molecule has 0 amide bonds. The largest absolute Gasteiger partial charge is 0.370 e. The zero-order valence-electron chi connectivity index (χ0n) is 13.0. The molecular formula is C16H26N2O2S. The van der Waals surface area contributed by atoms with E-state index in [2.05, 4.69) is 11.8 Å². The van der Waals surface area contributed by atoms with Gasteiger partial charge in [-0.3, -0.25) is 0 Å². The molecule has 1 fully saturated rings. The van der Waals surface area contributed by atoms with Gasteiger partial charge in [-0.25, -0.2) is 8.42 Å².